The molecule has 0 saturated heterocycles. The maximum atomic E-state index is 12.3. The summed E-state index contributed by atoms with van der Waals surface area (Å²) in [6.45, 7) is 1.98. The second kappa shape index (κ2) is 4.38. The second-order valence-corrected chi connectivity index (χ2v) is 6.21. The van der Waals surface area contributed by atoms with Crippen molar-refractivity contribution < 1.29 is 4.79 Å². The van der Waals surface area contributed by atoms with E-state index in [0.717, 1.165) is 49.2 Å². The lowest BCUT2D eigenvalue weighted by Gasteiger charge is -2.07. The largest absolute Gasteiger partial charge is 0.366 e. The Hall–Kier alpha value is -3.27. The number of carbonyl (C=O) groups excluding carboxylic acids is 1. The molecule has 0 aliphatic carbocycles. The number of amides is 1. The number of carbonyl (C=O) groups is 1. The summed E-state index contributed by atoms with van der Waals surface area (Å²) in [5.41, 5.74) is 11.3. The minimum atomic E-state index is -0.394. The highest BCUT2D eigenvalue weighted by molar-refractivity contribution is 6.28. The monoisotopic (exact) mass is 313 g/mol. The Balaban J connectivity index is 2.19. The molecule has 116 valence electrons. The molecule has 5 rings (SSSR count). The molecule has 2 aromatic heterocycles. The Bertz CT molecular complexity index is 1290. The first-order valence-electron chi connectivity index (χ1n) is 7.90. The summed E-state index contributed by atoms with van der Waals surface area (Å²) in [5, 5.41) is 4.08. The van der Waals surface area contributed by atoms with E-state index in [1.807, 2.05) is 49.4 Å². The summed E-state index contributed by atoms with van der Waals surface area (Å²) in [5.74, 6) is -0.394. The zero-order valence-corrected chi connectivity index (χ0v) is 13.1. The Kier molecular flexibility index (Phi) is 2.41. The van der Waals surface area contributed by atoms with E-state index in [1.54, 1.807) is 0 Å². The zero-order valence-electron chi connectivity index (χ0n) is 13.1. The molecule has 0 aliphatic heterocycles. The smallest absolute Gasteiger partial charge is 0.249 e. The van der Waals surface area contributed by atoms with Crippen LogP contribution in [0.5, 0.6) is 0 Å². The van der Waals surface area contributed by atoms with Crippen LogP contribution in [0.1, 0.15) is 15.9 Å². The number of rotatable bonds is 1. The number of nitrogens with one attached hydrogen (secondary N) is 2. The number of para-hydroxylation sites is 2. The molecule has 4 heteroatoms. The van der Waals surface area contributed by atoms with Crippen LogP contribution in [0, 0.1) is 6.92 Å². The van der Waals surface area contributed by atoms with Gasteiger partial charge >= 0.3 is 0 Å². The van der Waals surface area contributed by atoms with E-state index in [9.17, 15) is 4.79 Å². The molecular weight excluding hydrogens is 298 g/mol. The summed E-state index contributed by atoms with van der Waals surface area (Å²) in [7, 11) is 0. The third kappa shape index (κ3) is 1.50. The molecule has 0 saturated carbocycles. The Labute approximate surface area is 137 Å². The summed E-state index contributed by atoms with van der Waals surface area (Å²) in [6, 6.07) is 16.1. The van der Waals surface area contributed by atoms with Crippen LogP contribution in [-0.2, 0) is 0 Å². The van der Waals surface area contributed by atoms with Crippen molar-refractivity contribution >= 4 is 49.5 Å². The lowest BCUT2D eigenvalue weighted by atomic mass is 9.96. The van der Waals surface area contributed by atoms with Crippen LogP contribution in [0.25, 0.3) is 43.6 Å². The predicted octanol–water partition coefficient (Wildman–Crippen LogP) is 4.36. The average molecular weight is 313 g/mol. The highest BCUT2D eigenvalue weighted by Gasteiger charge is 2.21. The first-order chi connectivity index (χ1) is 11.7. The van der Waals surface area contributed by atoms with Gasteiger partial charge < -0.3 is 15.7 Å². The number of aromatic nitrogens is 2. The Morgan fingerprint density at radius 1 is 0.833 bits per heavy atom. The van der Waals surface area contributed by atoms with Crippen LogP contribution in [0.3, 0.4) is 0 Å². The minimum absolute atomic E-state index is 0.394. The van der Waals surface area contributed by atoms with E-state index < -0.39 is 5.91 Å². The van der Waals surface area contributed by atoms with Gasteiger partial charge in [-0.2, -0.15) is 0 Å². The van der Waals surface area contributed by atoms with E-state index in [-0.39, 0.29) is 0 Å². The molecule has 0 radical (unpaired) electrons. The number of aromatic amines is 2. The molecule has 0 spiro atoms. The topological polar surface area (TPSA) is 74.7 Å². The van der Waals surface area contributed by atoms with Crippen molar-refractivity contribution in [3.63, 3.8) is 0 Å². The van der Waals surface area contributed by atoms with Crippen LogP contribution >= 0.6 is 0 Å². The zero-order chi connectivity index (χ0) is 16.4. The first-order valence-corrected chi connectivity index (χ1v) is 7.90. The molecule has 0 unspecified atom stereocenters. The molecule has 0 atom stereocenters. The van der Waals surface area contributed by atoms with E-state index in [0.29, 0.717) is 5.56 Å². The van der Waals surface area contributed by atoms with Gasteiger partial charge in [0.1, 0.15) is 0 Å². The maximum absolute atomic E-state index is 12.3. The van der Waals surface area contributed by atoms with Gasteiger partial charge in [-0.15, -0.1) is 0 Å². The van der Waals surface area contributed by atoms with Crippen molar-refractivity contribution in [3.05, 3.63) is 59.7 Å². The fourth-order valence-electron chi connectivity index (χ4n) is 3.93. The summed E-state index contributed by atoms with van der Waals surface area (Å²) < 4.78 is 0. The van der Waals surface area contributed by atoms with E-state index in [1.165, 1.54) is 0 Å². The second-order valence-electron chi connectivity index (χ2n) is 6.21. The van der Waals surface area contributed by atoms with Crippen molar-refractivity contribution in [3.8, 4) is 0 Å². The normalized spacial score (nSPS) is 11.9. The number of hydrogen-bond acceptors (Lipinski definition) is 1. The number of hydrogen-bond donors (Lipinski definition) is 3. The molecule has 0 aliphatic rings. The van der Waals surface area contributed by atoms with Crippen LogP contribution < -0.4 is 5.73 Å². The van der Waals surface area contributed by atoms with Gasteiger partial charge in [0.25, 0.3) is 0 Å². The molecule has 24 heavy (non-hydrogen) atoms. The molecule has 4 nitrogen and oxygen atoms in total. The quantitative estimate of drug-likeness (QED) is 0.422. The number of H-pyrrole nitrogens is 2. The number of nitrogens with two attached hydrogens (primary N) is 1. The van der Waals surface area contributed by atoms with Crippen LogP contribution in [0.15, 0.2) is 48.5 Å². The highest BCUT2D eigenvalue weighted by atomic mass is 16.1. The predicted molar refractivity (Wildman–Crippen MR) is 98.4 cm³/mol. The van der Waals surface area contributed by atoms with Crippen molar-refractivity contribution in [1.29, 1.82) is 0 Å². The molecule has 1 amide bonds. The Morgan fingerprint density at radius 3 is 1.92 bits per heavy atom. The summed E-state index contributed by atoms with van der Waals surface area (Å²) in [4.78, 5) is 19.2. The van der Waals surface area contributed by atoms with Gasteiger partial charge in [-0.3, -0.25) is 4.79 Å². The number of benzene rings is 3. The molecule has 0 fully saturated rings. The van der Waals surface area contributed by atoms with Crippen LogP contribution in [0.4, 0.5) is 0 Å². The van der Waals surface area contributed by atoms with E-state index >= 15 is 0 Å². The SMILES string of the molecule is Cc1c(C(N)=O)c2c3ccccc3[nH]c2c2[nH]c3ccccc3c12. The lowest BCUT2D eigenvalue weighted by Crippen LogP contribution is -2.13. The molecular formula is C20H15N3O. The van der Waals surface area contributed by atoms with Crippen LogP contribution in [0.2, 0.25) is 0 Å². The number of aryl methyl sites for hydroxylation is 1. The van der Waals surface area contributed by atoms with Gasteiger partial charge in [-0.25, -0.2) is 0 Å². The average Bonchev–Trinajstić information content (AvgIpc) is 3.13. The maximum Gasteiger partial charge on any atom is 0.249 e. The molecule has 5 aromatic rings. The van der Waals surface area contributed by atoms with Gasteiger partial charge in [0, 0.05) is 32.6 Å². The standard InChI is InChI=1S/C20H15N3O/c1-10-15-11-6-2-4-8-13(11)22-18(15)19-17(16(10)20(21)24)12-7-3-5-9-14(12)23-19/h2-9,22-23H,1H3,(H2,21,24). The fourth-order valence-corrected chi connectivity index (χ4v) is 3.93. The van der Waals surface area contributed by atoms with Crippen molar-refractivity contribution in [2.45, 2.75) is 6.92 Å². The number of fused-ring (bicyclic) bond motifs is 7. The fraction of sp³-hybridized carbons (Fsp3) is 0.0500. The van der Waals surface area contributed by atoms with Gasteiger partial charge in [-0.1, -0.05) is 36.4 Å². The van der Waals surface area contributed by atoms with Gasteiger partial charge in [-0.05, 0) is 24.6 Å². The van der Waals surface area contributed by atoms with E-state index in [4.69, 9.17) is 5.73 Å². The van der Waals surface area contributed by atoms with Gasteiger partial charge in [0.2, 0.25) is 5.91 Å². The third-order valence-electron chi connectivity index (χ3n) is 4.91. The summed E-state index contributed by atoms with van der Waals surface area (Å²) in [6.07, 6.45) is 0. The lowest BCUT2D eigenvalue weighted by molar-refractivity contribution is 0.100. The van der Waals surface area contributed by atoms with Crippen LogP contribution in [-0.4, -0.2) is 15.9 Å². The van der Waals surface area contributed by atoms with Gasteiger partial charge in [0.05, 0.1) is 16.6 Å². The Morgan fingerprint density at radius 2 is 1.33 bits per heavy atom. The van der Waals surface area contributed by atoms with Crippen molar-refractivity contribution in [1.82, 2.24) is 9.97 Å². The molecule has 3 aromatic carbocycles. The minimum Gasteiger partial charge on any atom is -0.366 e. The highest BCUT2D eigenvalue weighted by Crippen LogP contribution is 2.39. The van der Waals surface area contributed by atoms with Crippen molar-refractivity contribution in [2.24, 2.45) is 5.73 Å². The van der Waals surface area contributed by atoms with Crippen molar-refractivity contribution in [2.75, 3.05) is 0 Å². The van der Waals surface area contributed by atoms with Gasteiger partial charge in [0.15, 0.2) is 0 Å². The molecule has 4 N–H and O–H groups in total. The number of primary amides is 1. The molecule has 0 bridgehead atoms. The summed E-state index contributed by atoms with van der Waals surface area (Å²) >= 11 is 0. The molecule has 2 heterocycles. The third-order valence-corrected chi connectivity index (χ3v) is 4.91. The first kappa shape index (κ1) is 13.2. The van der Waals surface area contributed by atoms with E-state index in [2.05, 4.69) is 16.0 Å².